The first-order valence-corrected chi connectivity index (χ1v) is 12.1. The number of benzene rings is 1. The molecule has 1 aromatic carbocycles. The molecule has 2 aromatic heterocycles. The highest BCUT2D eigenvalue weighted by Gasteiger charge is 2.34. The SMILES string of the molecule is CC(=O)CC[C@H]1CN(c2cc(F)c(N3CCn4c(=O)c5cc(N(C)C)cnc5n4CC3)c(F)c2)C(=O)O1. The van der Waals surface area contributed by atoms with Gasteiger partial charge in [0.25, 0.3) is 5.56 Å². The quantitative estimate of drug-likeness (QED) is 0.500. The number of Topliss-reactive ketones (excluding diaryl/α,β-unsaturated/α-hetero) is 1. The average Bonchev–Trinajstić information content (AvgIpc) is 3.25. The third-order valence-corrected chi connectivity index (χ3v) is 6.85. The van der Waals surface area contributed by atoms with Gasteiger partial charge in [0.1, 0.15) is 17.6 Å². The molecule has 37 heavy (non-hydrogen) atoms. The Morgan fingerprint density at radius 2 is 1.76 bits per heavy atom. The van der Waals surface area contributed by atoms with Gasteiger partial charge in [-0.3, -0.25) is 14.4 Å². The van der Waals surface area contributed by atoms with E-state index in [4.69, 9.17) is 4.74 Å². The molecule has 0 bridgehead atoms. The van der Waals surface area contributed by atoms with Crippen LogP contribution in [0.4, 0.5) is 30.6 Å². The summed E-state index contributed by atoms with van der Waals surface area (Å²) >= 11 is 0. The Kier molecular flexibility index (Phi) is 6.34. The molecule has 0 spiro atoms. The molecule has 0 unspecified atom stereocenters. The molecule has 2 aliphatic heterocycles. The topological polar surface area (TPSA) is 92.9 Å². The van der Waals surface area contributed by atoms with Gasteiger partial charge in [-0.25, -0.2) is 23.2 Å². The predicted molar refractivity (Wildman–Crippen MR) is 134 cm³/mol. The first kappa shape index (κ1) is 24.7. The van der Waals surface area contributed by atoms with Crippen molar-refractivity contribution in [1.82, 2.24) is 14.3 Å². The van der Waals surface area contributed by atoms with Gasteiger partial charge in [0.2, 0.25) is 0 Å². The standard InChI is InChI=1S/C25H28F2N6O4/c1-15(34)4-5-18-14-31(25(36)37-18)16-11-20(26)22(21(27)12-16)30-6-8-32-23-19(24(35)33(32)9-7-30)10-17(13-28-23)29(2)3/h10-13,18H,4-9,14H2,1-3H3/t18-/m0/s1. The molecule has 196 valence electrons. The fourth-order valence-electron chi connectivity index (χ4n) is 4.89. The smallest absolute Gasteiger partial charge is 0.414 e. The normalized spacial score (nSPS) is 17.6. The van der Waals surface area contributed by atoms with Crippen molar-refractivity contribution in [2.45, 2.75) is 39.0 Å². The van der Waals surface area contributed by atoms with Gasteiger partial charge in [0, 0.05) is 45.7 Å². The molecule has 1 atom stereocenters. The number of ether oxygens (including phenoxy) is 1. The van der Waals surface area contributed by atoms with Crippen LogP contribution in [0, 0.1) is 11.6 Å². The lowest BCUT2D eigenvalue weighted by atomic mass is 10.1. The van der Waals surface area contributed by atoms with Crippen molar-refractivity contribution < 1.29 is 23.1 Å². The monoisotopic (exact) mass is 514 g/mol. The minimum atomic E-state index is -0.812. The summed E-state index contributed by atoms with van der Waals surface area (Å²) < 4.78 is 39.1. The lowest BCUT2D eigenvalue weighted by Gasteiger charge is -2.24. The summed E-state index contributed by atoms with van der Waals surface area (Å²) in [5.41, 5.74) is 0.981. The average molecular weight is 515 g/mol. The molecular formula is C25H28F2N6O4. The highest BCUT2D eigenvalue weighted by Crippen LogP contribution is 2.32. The third-order valence-electron chi connectivity index (χ3n) is 6.85. The molecule has 1 saturated heterocycles. The number of anilines is 3. The molecule has 12 heteroatoms. The number of carbonyl (C=O) groups excluding carboxylic acids is 2. The van der Waals surface area contributed by atoms with Crippen LogP contribution in [0.1, 0.15) is 19.8 Å². The first-order chi connectivity index (χ1) is 17.6. The maximum atomic E-state index is 15.3. The molecule has 2 aliphatic rings. The largest absolute Gasteiger partial charge is 0.444 e. The number of aromatic nitrogens is 3. The molecular weight excluding hydrogens is 486 g/mol. The van der Waals surface area contributed by atoms with E-state index >= 15 is 8.78 Å². The maximum Gasteiger partial charge on any atom is 0.414 e. The van der Waals surface area contributed by atoms with E-state index < -0.39 is 23.8 Å². The van der Waals surface area contributed by atoms with Crippen molar-refractivity contribution in [2.75, 3.05) is 48.4 Å². The Hall–Kier alpha value is -3.96. The number of amides is 1. The minimum absolute atomic E-state index is 0.0236. The maximum absolute atomic E-state index is 15.3. The Balaban J connectivity index is 1.37. The number of pyridine rings is 1. The molecule has 0 N–H and O–H groups in total. The molecule has 0 saturated carbocycles. The molecule has 1 fully saturated rings. The van der Waals surface area contributed by atoms with Crippen LogP contribution in [0.25, 0.3) is 11.0 Å². The Morgan fingerprint density at radius 1 is 1.08 bits per heavy atom. The van der Waals surface area contributed by atoms with Gasteiger partial charge in [-0.15, -0.1) is 0 Å². The van der Waals surface area contributed by atoms with E-state index in [-0.39, 0.29) is 55.3 Å². The number of ketones is 1. The summed E-state index contributed by atoms with van der Waals surface area (Å²) in [7, 11) is 3.74. The first-order valence-electron chi connectivity index (χ1n) is 12.1. The number of rotatable bonds is 6. The number of hydrogen-bond acceptors (Lipinski definition) is 7. The van der Waals surface area contributed by atoms with Gasteiger partial charge in [-0.1, -0.05) is 0 Å². The second-order valence-electron chi connectivity index (χ2n) is 9.61. The van der Waals surface area contributed by atoms with Crippen LogP contribution in [0.3, 0.4) is 0 Å². The summed E-state index contributed by atoms with van der Waals surface area (Å²) in [5, 5.41) is 0.500. The van der Waals surface area contributed by atoms with Gasteiger partial charge in [0.15, 0.2) is 17.3 Å². The number of halogens is 2. The lowest BCUT2D eigenvalue weighted by molar-refractivity contribution is -0.117. The molecule has 3 aromatic rings. The summed E-state index contributed by atoms with van der Waals surface area (Å²) in [6.07, 6.45) is 1.08. The van der Waals surface area contributed by atoms with Gasteiger partial charge < -0.3 is 19.3 Å². The van der Waals surface area contributed by atoms with Crippen molar-refractivity contribution in [3.63, 3.8) is 0 Å². The van der Waals surface area contributed by atoms with Crippen LogP contribution < -0.4 is 20.3 Å². The fraction of sp³-hybridized carbons (Fsp3) is 0.440. The van der Waals surface area contributed by atoms with E-state index in [1.165, 1.54) is 11.8 Å². The highest BCUT2D eigenvalue weighted by molar-refractivity contribution is 5.90. The number of hydrogen-bond donors (Lipinski definition) is 0. The summed E-state index contributed by atoms with van der Waals surface area (Å²) in [6, 6.07) is 4.03. The van der Waals surface area contributed by atoms with E-state index in [2.05, 4.69) is 4.98 Å². The van der Waals surface area contributed by atoms with Crippen LogP contribution >= 0.6 is 0 Å². The van der Waals surface area contributed by atoms with Gasteiger partial charge in [0.05, 0.1) is 42.6 Å². The van der Waals surface area contributed by atoms with E-state index in [0.29, 0.717) is 24.0 Å². The van der Waals surface area contributed by atoms with Crippen LogP contribution in [0.15, 0.2) is 29.2 Å². The molecule has 1 amide bonds. The number of nitrogens with zero attached hydrogens (tertiary/aromatic N) is 6. The van der Waals surface area contributed by atoms with Crippen LogP contribution in [-0.4, -0.2) is 66.1 Å². The fourth-order valence-corrected chi connectivity index (χ4v) is 4.89. The molecule has 10 nitrogen and oxygen atoms in total. The van der Waals surface area contributed by atoms with E-state index in [0.717, 1.165) is 17.8 Å². The van der Waals surface area contributed by atoms with Crippen molar-refractivity contribution in [3.05, 3.63) is 46.4 Å². The number of cyclic esters (lactones) is 1. The Labute approximate surface area is 211 Å². The Bertz CT molecular complexity index is 1430. The zero-order chi connectivity index (χ0) is 26.4. The zero-order valence-electron chi connectivity index (χ0n) is 20.9. The van der Waals surface area contributed by atoms with Gasteiger partial charge in [-0.2, -0.15) is 0 Å². The lowest BCUT2D eigenvalue weighted by Crippen LogP contribution is -2.30. The van der Waals surface area contributed by atoms with Crippen molar-refractivity contribution in [2.24, 2.45) is 0 Å². The van der Waals surface area contributed by atoms with Crippen molar-refractivity contribution >= 4 is 40.0 Å². The second kappa shape index (κ2) is 9.49. The molecule has 0 aliphatic carbocycles. The summed E-state index contributed by atoms with van der Waals surface area (Å²) in [5.74, 6) is -1.65. The van der Waals surface area contributed by atoms with Crippen molar-refractivity contribution in [3.8, 4) is 0 Å². The highest BCUT2D eigenvalue weighted by atomic mass is 19.1. The van der Waals surface area contributed by atoms with E-state index in [1.54, 1.807) is 26.5 Å². The van der Waals surface area contributed by atoms with E-state index in [1.807, 2.05) is 19.0 Å². The number of fused-ring (bicyclic) bond motifs is 3. The summed E-state index contributed by atoms with van der Waals surface area (Å²) in [6.45, 7) is 2.57. The zero-order valence-corrected chi connectivity index (χ0v) is 20.9. The van der Waals surface area contributed by atoms with Crippen LogP contribution in [0.5, 0.6) is 0 Å². The predicted octanol–water partition coefficient (Wildman–Crippen LogP) is 2.76. The number of carbonyl (C=O) groups is 2. The molecule has 0 radical (unpaired) electrons. The third kappa shape index (κ3) is 4.51. The molecule has 4 heterocycles. The molecule has 5 rings (SSSR count). The van der Waals surface area contributed by atoms with Crippen LogP contribution in [-0.2, 0) is 22.6 Å². The summed E-state index contributed by atoms with van der Waals surface area (Å²) in [4.78, 5) is 45.7. The minimum Gasteiger partial charge on any atom is -0.444 e. The van der Waals surface area contributed by atoms with Crippen LogP contribution in [0.2, 0.25) is 0 Å². The Morgan fingerprint density at radius 3 is 2.41 bits per heavy atom. The second-order valence-corrected chi connectivity index (χ2v) is 9.61. The van der Waals surface area contributed by atoms with Crippen molar-refractivity contribution in [1.29, 1.82) is 0 Å². The van der Waals surface area contributed by atoms with E-state index in [9.17, 15) is 14.4 Å². The van der Waals surface area contributed by atoms with Gasteiger partial charge in [-0.05, 0) is 19.4 Å². The van der Waals surface area contributed by atoms with Gasteiger partial charge >= 0.3 is 6.09 Å².